The molecule has 1 aliphatic heterocycles. The average molecular weight is 461 g/mol. The highest BCUT2D eigenvalue weighted by Gasteiger charge is 2.17. The molecular formula is C28H33FN4O. The van der Waals surface area contributed by atoms with Gasteiger partial charge in [-0.1, -0.05) is 32.9 Å². The highest BCUT2D eigenvalue weighted by Crippen LogP contribution is 2.33. The van der Waals surface area contributed by atoms with Gasteiger partial charge in [-0.15, -0.1) is 0 Å². The lowest BCUT2D eigenvalue weighted by Crippen LogP contribution is -2.36. The van der Waals surface area contributed by atoms with Crippen molar-refractivity contribution in [2.75, 3.05) is 37.7 Å². The van der Waals surface area contributed by atoms with Crippen LogP contribution in [0.3, 0.4) is 0 Å². The molecule has 4 rings (SSSR count). The van der Waals surface area contributed by atoms with E-state index in [1.54, 1.807) is 0 Å². The minimum Gasteiger partial charge on any atom is -0.378 e. The van der Waals surface area contributed by atoms with Crippen LogP contribution in [0.2, 0.25) is 0 Å². The summed E-state index contributed by atoms with van der Waals surface area (Å²) in [5.41, 5.74) is 5.15. The number of hydrogen-bond acceptors (Lipinski definition) is 5. The molecule has 2 heterocycles. The van der Waals surface area contributed by atoms with E-state index in [0.29, 0.717) is 17.2 Å². The second kappa shape index (κ2) is 10.9. The summed E-state index contributed by atoms with van der Waals surface area (Å²) in [7, 11) is 0. The number of rotatable bonds is 7. The molecule has 0 saturated carbocycles. The van der Waals surface area contributed by atoms with Crippen molar-refractivity contribution in [1.82, 2.24) is 9.97 Å². The lowest BCUT2D eigenvalue weighted by atomic mass is 9.91. The molecule has 0 radical (unpaired) electrons. The highest BCUT2D eigenvalue weighted by molar-refractivity contribution is 5.94. The van der Waals surface area contributed by atoms with Gasteiger partial charge in [-0.3, -0.25) is 4.99 Å². The monoisotopic (exact) mass is 460 g/mol. The number of anilines is 1. The number of morpholine rings is 1. The SMILES string of the molecule is C/C=C(\C=NCC(C)C)C(C)c1ccc(F)c(-c2ncnc3cc(N4CCOCC4)ccc23)c1. The van der Waals surface area contributed by atoms with E-state index in [4.69, 9.17) is 4.74 Å². The van der Waals surface area contributed by atoms with Gasteiger partial charge in [0, 0.05) is 48.4 Å². The third-order valence-corrected chi connectivity index (χ3v) is 6.29. The van der Waals surface area contributed by atoms with Crippen LogP contribution in [0, 0.1) is 11.7 Å². The molecule has 1 atom stereocenters. The Bertz CT molecular complexity index is 1200. The maximum atomic E-state index is 15.1. The van der Waals surface area contributed by atoms with Gasteiger partial charge in [-0.2, -0.15) is 0 Å². The number of aromatic nitrogens is 2. The lowest BCUT2D eigenvalue weighted by molar-refractivity contribution is 0.122. The van der Waals surface area contributed by atoms with Crippen LogP contribution < -0.4 is 4.90 Å². The molecule has 6 heteroatoms. The quantitative estimate of drug-likeness (QED) is 0.403. The van der Waals surface area contributed by atoms with Gasteiger partial charge < -0.3 is 9.64 Å². The second-order valence-corrected chi connectivity index (χ2v) is 9.16. The Kier molecular flexibility index (Phi) is 7.68. The molecule has 0 N–H and O–H groups in total. The number of allylic oxidation sites excluding steroid dienone is 2. The molecule has 178 valence electrons. The number of hydrogen-bond donors (Lipinski definition) is 0. The van der Waals surface area contributed by atoms with E-state index in [-0.39, 0.29) is 11.7 Å². The first-order chi connectivity index (χ1) is 16.5. The minimum absolute atomic E-state index is 0.0845. The van der Waals surface area contributed by atoms with Gasteiger partial charge in [0.25, 0.3) is 0 Å². The first-order valence-corrected chi connectivity index (χ1v) is 12.0. The molecule has 1 aromatic heterocycles. The molecular weight excluding hydrogens is 427 g/mol. The van der Waals surface area contributed by atoms with Crippen molar-refractivity contribution in [1.29, 1.82) is 0 Å². The Morgan fingerprint density at radius 1 is 1.12 bits per heavy atom. The van der Waals surface area contributed by atoms with Gasteiger partial charge in [0.1, 0.15) is 12.1 Å². The largest absolute Gasteiger partial charge is 0.378 e. The standard InChI is InChI=1S/C28H33FN4O/c1-5-21(17-30-16-19(2)3)20(4)22-6-9-26(29)25(14-22)28-24-8-7-23(15-27(24)31-18-32-28)33-10-12-34-13-11-33/h5-9,14-15,17-20H,10-13,16H2,1-4H3/b21-5+,30-17?. The molecule has 2 aromatic carbocycles. The Morgan fingerprint density at radius 2 is 1.91 bits per heavy atom. The van der Waals surface area contributed by atoms with Crippen molar-refractivity contribution in [2.45, 2.75) is 33.6 Å². The van der Waals surface area contributed by atoms with Crippen LogP contribution >= 0.6 is 0 Å². The van der Waals surface area contributed by atoms with Gasteiger partial charge >= 0.3 is 0 Å². The van der Waals surface area contributed by atoms with Crippen LogP contribution in [0.25, 0.3) is 22.2 Å². The number of aliphatic imine (C=N–C) groups is 1. The highest BCUT2D eigenvalue weighted by atomic mass is 19.1. The van der Waals surface area contributed by atoms with Gasteiger partial charge in [0.15, 0.2) is 0 Å². The zero-order valence-electron chi connectivity index (χ0n) is 20.5. The van der Waals surface area contributed by atoms with Crippen molar-refractivity contribution in [3.05, 3.63) is 65.8 Å². The van der Waals surface area contributed by atoms with Crippen molar-refractivity contribution >= 4 is 22.8 Å². The number of ether oxygens (including phenoxy) is 1. The fraction of sp³-hybridized carbons (Fsp3) is 0.393. The summed E-state index contributed by atoms with van der Waals surface area (Å²) in [6, 6.07) is 11.4. The summed E-state index contributed by atoms with van der Waals surface area (Å²) < 4.78 is 20.5. The van der Waals surface area contributed by atoms with Crippen LogP contribution in [-0.4, -0.2) is 49.0 Å². The summed E-state index contributed by atoms with van der Waals surface area (Å²) >= 11 is 0. The average Bonchev–Trinajstić information content (AvgIpc) is 2.86. The topological polar surface area (TPSA) is 50.6 Å². The molecule has 1 aliphatic rings. The predicted molar refractivity (Wildman–Crippen MR) is 138 cm³/mol. The Balaban J connectivity index is 1.68. The fourth-order valence-electron chi connectivity index (χ4n) is 4.27. The summed E-state index contributed by atoms with van der Waals surface area (Å²) in [4.78, 5) is 15.8. The Labute approximate surface area is 201 Å². The smallest absolute Gasteiger partial charge is 0.132 e. The van der Waals surface area contributed by atoms with E-state index in [0.717, 1.165) is 60.6 Å². The normalized spacial score (nSPS) is 16.1. The lowest BCUT2D eigenvalue weighted by Gasteiger charge is -2.29. The van der Waals surface area contributed by atoms with Crippen LogP contribution in [-0.2, 0) is 4.74 Å². The van der Waals surface area contributed by atoms with Crippen molar-refractivity contribution in [3.63, 3.8) is 0 Å². The second-order valence-electron chi connectivity index (χ2n) is 9.16. The molecule has 1 saturated heterocycles. The molecule has 3 aromatic rings. The van der Waals surface area contributed by atoms with Gasteiger partial charge in [0.05, 0.1) is 24.4 Å². The van der Waals surface area contributed by atoms with E-state index in [1.165, 1.54) is 12.4 Å². The summed E-state index contributed by atoms with van der Waals surface area (Å²) in [6.07, 6.45) is 5.54. The van der Waals surface area contributed by atoms with E-state index in [1.807, 2.05) is 31.3 Å². The molecule has 1 unspecified atom stereocenters. The number of nitrogens with zero attached hydrogens (tertiary/aromatic N) is 4. The van der Waals surface area contributed by atoms with Crippen LogP contribution in [0.1, 0.15) is 39.2 Å². The maximum Gasteiger partial charge on any atom is 0.132 e. The van der Waals surface area contributed by atoms with Crippen LogP contribution in [0.5, 0.6) is 0 Å². The third-order valence-electron chi connectivity index (χ3n) is 6.29. The first-order valence-electron chi connectivity index (χ1n) is 12.0. The minimum atomic E-state index is -0.288. The summed E-state index contributed by atoms with van der Waals surface area (Å²) in [5.74, 6) is 0.307. The predicted octanol–water partition coefficient (Wildman–Crippen LogP) is 6.05. The third kappa shape index (κ3) is 5.33. The molecule has 1 fully saturated rings. The van der Waals surface area contributed by atoms with Crippen LogP contribution in [0.15, 0.2) is 59.4 Å². The van der Waals surface area contributed by atoms with Crippen molar-refractivity contribution in [3.8, 4) is 11.3 Å². The van der Waals surface area contributed by atoms with E-state index in [2.05, 4.69) is 58.8 Å². The fourth-order valence-corrected chi connectivity index (χ4v) is 4.27. The first kappa shape index (κ1) is 24.0. The van der Waals surface area contributed by atoms with Crippen molar-refractivity contribution < 1.29 is 9.13 Å². The molecule has 0 spiro atoms. The summed E-state index contributed by atoms with van der Waals surface area (Å²) in [6.45, 7) is 12.4. The Morgan fingerprint density at radius 3 is 2.65 bits per heavy atom. The zero-order chi connectivity index (χ0) is 24.1. The maximum absolute atomic E-state index is 15.1. The molecule has 5 nitrogen and oxygen atoms in total. The number of fused-ring (bicyclic) bond motifs is 1. The number of benzene rings is 2. The van der Waals surface area contributed by atoms with E-state index >= 15 is 4.39 Å². The van der Waals surface area contributed by atoms with E-state index in [9.17, 15) is 0 Å². The van der Waals surface area contributed by atoms with Crippen LogP contribution in [0.4, 0.5) is 10.1 Å². The van der Waals surface area contributed by atoms with Gasteiger partial charge in [-0.05, 0) is 54.3 Å². The molecule has 0 amide bonds. The van der Waals surface area contributed by atoms with Gasteiger partial charge in [0.2, 0.25) is 0 Å². The summed E-state index contributed by atoms with van der Waals surface area (Å²) in [5, 5.41) is 0.841. The molecule has 0 aliphatic carbocycles. The van der Waals surface area contributed by atoms with Crippen molar-refractivity contribution in [2.24, 2.45) is 10.9 Å². The van der Waals surface area contributed by atoms with Gasteiger partial charge in [-0.25, -0.2) is 14.4 Å². The zero-order valence-corrected chi connectivity index (χ0v) is 20.5. The molecule has 34 heavy (non-hydrogen) atoms. The Hall–Kier alpha value is -3.12. The number of halogens is 1. The van der Waals surface area contributed by atoms with E-state index < -0.39 is 0 Å². The molecule has 0 bridgehead atoms.